The van der Waals surface area contributed by atoms with Crippen molar-refractivity contribution in [2.75, 3.05) is 18.9 Å². The number of hydrogen-bond donors (Lipinski definition) is 1. The molecule has 0 bridgehead atoms. The molecule has 1 atom stereocenters. The highest BCUT2D eigenvalue weighted by molar-refractivity contribution is 8.01. The van der Waals surface area contributed by atoms with Gasteiger partial charge in [0.15, 0.2) is 10.2 Å². The maximum atomic E-state index is 11.8. The summed E-state index contributed by atoms with van der Waals surface area (Å²) in [5.74, 6) is 1.48. The lowest BCUT2D eigenvalue weighted by Crippen LogP contribution is -2.27. The van der Waals surface area contributed by atoms with Gasteiger partial charge < -0.3 is 14.6 Å². The molecular formula is C14H18N4O3S2. The molecule has 124 valence electrons. The largest absolute Gasteiger partial charge is 0.368 e. The second-order valence-electron chi connectivity index (χ2n) is 5.19. The summed E-state index contributed by atoms with van der Waals surface area (Å²) in [7, 11) is 0. The number of nitrogens with zero attached hydrogens (tertiary/aromatic N) is 3. The smallest absolute Gasteiger partial charge is 0.255 e. The fraction of sp³-hybridized carbons (Fsp3) is 0.571. The van der Waals surface area contributed by atoms with E-state index >= 15 is 0 Å². The van der Waals surface area contributed by atoms with Crippen LogP contribution in [0.5, 0.6) is 0 Å². The Labute approximate surface area is 142 Å². The van der Waals surface area contributed by atoms with Gasteiger partial charge in [0.2, 0.25) is 5.91 Å². The molecule has 7 nitrogen and oxygen atoms in total. The van der Waals surface area contributed by atoms with Crippen molar-refractivity contribution < 1.29 is 14.1 Å². The SMILES string of the molecule is Cc1csc(SCC(=O)NCCc2noc([C@@H]3CCCO3)n2)n1. The van der Waals surface area contributed by atoms with E-state index in [0.29, 0.717) is 30.4 Å². The number of aryl methyl sites for hydroxylation is 1. The summed E-state index contributed by atoms with van der Waals surface area (Å²) in [6.45, 7) is 3.17. The van der Waals surface area contributed by atoms with Crippen LogP contribution >= 0.6 is 23.1 Å². The first-order chi connectivity index (χ1) is 11.2. The molecule has 1 N–H and O–H groups in total. The minimum atomic E-state index is -0.0657. The van der Waals surface area contributed by atoms with Gasteiger partial charge >= 0.3 is 0 Å². The Balaban J connectivity index is 1.36. The highest BCUT2D eigenvalue weighted by atomic mass is 32.2. The van der Waals surface area contributed by atoms with Gasteiger partial charge in [0.05, 0.1) is 5.75 Å². The number of carbonyl (C=O) groups is 1. The molecule has 9 heteroatoms. The van der Waals surface area contributed by atoms with Crippen LogP contribution in [0.25, 0.3) is 0 Å². The molecule has 0 aliphatic carbocycles. The zero-order chi connectivity index (χ0) is 16.1. The van der Waals surface area contributed by atoms with Crippen molar-refractivity contribution in [2.24, 2.45) is 0 Å². The van der Waals surface area contributed by atoms with Crippen molar-refractivity contribution in [3.63, 3.8) is 0 Å². The summed E-state index contributed by atoms with van der Waals surface area (Å²) in [4.78, 5) is 20.4. The lowest BCUT2D eigenvalue weighted by Gasteiger charge is -2.02. The van der Waals surface area contributed by atoms with Gasteiger partial charge in [0.25, 0.3) is 5.89 Å². The Morgan fingerprint density at radius 3 is 3.17 bits per heavy atom. The van der Waals surface area contributed by atoms with E-state index in [9.17, 15) is 4.79 Å². The van der Waals surface area contributed by atoms with Crippen molar-refractivity contribution in [1.29, 1.82) is 0 Å². The van der Waals surface area contributed by atoms with Crippen LogP contribution in [0.4, 0.5) is 0 Å². The predicted octanol–water partition coefficient (Wildman–Crippen LogP) is 2.14. The summed E-state index contributed by atoms with van der Waals surface area (Å²) in [6, 6.07) is 0. The van der Waals surface area contributed by atoms with Gasteiger partial charge in [0, 0.05) is 30.6 Å². The van der Waals surface area contributed by atoms with Crippen LogP contribution in [-0.2, 0) is 16.0 Å². The number of aromatic nitrogens is 3. The summed E-state index contributed by atoms with van der Waals surface area (Å²) in [6.07, 6.45) is 2.42. The molecule has 0 unspecified atom stereocenters. The fourth-order valence-electron chi connectivity index (χ4n) is 2.16. The van der Waals surface area contributed by atoms with Gasteiger partial charge in [-0.3, -0.25) is 4.79 Å². The van der Waals surface area contributed by atoms with Gasteiger partial charge in [-0.25, -0.2) is 4.98 Å². The monoisotopic (exact) mass is 354 g/mol. The first kappa shape index (κ1) is 16.4. The maximum absolute atomic E-state index is 11.8. The second kappa shape index (κ2) is 7.89. The molecule has 1 aliphatic heterocycles. The molecule has 2 aromatic rings. The zero-order valence-electron chi connectivity index (χ0n) is 12.8. The van der Waals surface area contributed by atoms with Crippen molar-refractivity contribution in [3.05, 3.63) is 22.8 Å². The third-order valence-electron chi connectivity index (χ3n) is 3.28. The van der Waals surface area contributed by atoms with E-state index in [1.165, 1.54) is 11.8 Å². The number of thiazole rings is 1. The van der Waals surface area contributed by atoms with Gasteiger partial charge in [0.1, 0.15) is 6.10 Å². The molecule has 23 heavy (non-hydrogen) atoms. The predicted molar refractivity (Wildman–Crippen MR) is 86.5 cm³/mol. The first-order valence-corrected chi connectivity index (χ1v) is 9.33. The van der Waals surface area contributed by atoms with Gasteiger partial charge in [-0.05, 0) is 19.8 Å². The summed E-state index contributed by atoms with van der Waals surface area (Å²) >= 11 is 3.00. The number of thioether (sulfide) groups is 1. The van der Waals surface area contributed by atoms with Crippen LogP contribution in [0.2, 0.25) is 0 Å². The van der Waals surface area contributed by atoms with E-state index in [0.717, 1.165) is 29.5 Å². The Morgan fingerprint density at radius 1 is 1.52 bits per heavy atom. The number of nitrogens with one attached hydrogen (secondary N) is 1. The van der Waals surface area contributed by atoms with Gasteiger partial charge in [-0.1, -0.05) is 16.9 Å². The summed E-state index contributed by atoms with van der Waals surface area (Å²) in [5.41, 5.74) is 0.983. The summed E-state index contributed by atoms with van der Waals surface area (Å²) < 4.78 is 11.6. The molecule has 0 spiro atoms. The van der Waals surface area contributed by atoms with Crippen molar-refractivity contribution in [2.45, 2.75) is 36.6 Å². The third kappa shape index (κ3) is 4.76. The number of amides is 1. The van der Waals surface area contributed by atoms with Gasteiger partial charge in [-0.2, -0.15) is 4.98 Å². The molecule has 1 amide bonds. The molecule has 0 radical (unpaired) electrons. The molecule has 2 aromatic heterocycles. The van der Waals surface area contributed by atoms with Crippen LogP contribution in [-0.4, -0.2) is 39.9 Å². The molecular weight excluding hydrogens is 336 g/mol. The second-order valence-corrected chi connectivity index (χ2v) is 7.27. The first-order valence-electron chi connectivity index (χ1n) is 7.46. The van der Waals surface area contributed by atoms with Crippen LogP contribution in [0.15, 0.2) is 14.2 Å². The van der Waals surface area contributed by atoms with Crippen molar-refractivity contribution in [1.82, 2.24) is 20.4 Å². The van der Waals surface area contributed by atoms with E-state index in [4.69, 9.17) is 9.26 Å². The lowest BCUT2D eigenvalue weighted by molar-refractivity contribution is -0.118. The molecule has 3 heterocycles. The van der Waals surface area contributed by atoms with Crippen LogP contribution in [0.1, 0.15) is 36.4 Å². The van der Waals surface area contributed by atoms with Crippen LogP contribution in [0, 0.1) is 6.92 Å². The minimum absolute atomic E-state index is 0.0225. The van der Waals surface area contributed by atoms with E-state index in [2.05, 4.69) is 20.4 Å². The molecule has 0 saturated carbocycles. The van der Waals surface area contributed by atoms with Crippen molar-refractivity contribution >= 4 is 29.0 Å². The summed E-state index contributed by atoms with van der Waals surface area (Å²) in [5, 5.41) is 8.75. The fourth-order valence-corrected chi connectivity index (χ4v) is 3.84. The van der Waals surface area contributed by atoms with E-state index in [1.807, 2.05) is 12.3 Å². The average molecular weight is 354 g/mol. The number of rotatable bonds is 7. The standard InChI is InChI=1S/C14H18N4O3S2/c1-9-7-22-14(16-9)23-8-12(19)15-5-4-11-17-13(21-18-11)10-3-2-6-20-10/h7,10H,2-6,8H2,1H3,(H,15,19)/t10-/m0/s1. The maximum Gasteiger partial charge on any atom is 0.255 e. The van der Waals surface area contributed by atoms with E-state index in [-0.39, 0.29) is 12.0 Å². The Hall–Kier alpha value is -1.45. The molecule has 1 saturated heterocycles. The van der Waals surface area contributed by atoms with Crippen LogP contribution in [0.3, 0.4) is 0 Å². The quantitative estimate of drug-likeness (QED) is 0.762. The van der Waals surface area contributed by atoms with Gasteiger partial charge in [-0.15, -0.1) is 11.3 Å². The Kier molecular flexibility index (Phi) is 5.63. The normalized spacial score (nSPS) is 17.5. The third-order valence-corrected chi connectivity index (χ3v) is 5.42. The van der Waals surface area contributed by atoms with E-state index in [1.54, 1.807) is 11.3 Å². The number of hydrogen-bond acceptors (Lipinski definition) is 8. The molecule has 1 aliphatic rings. The van der Waals surface area contributed by atoms with Crippen LogP contribution < -0.4 is 5.32 Å². The lowest BCUT2D eigenvalue weighted by atomic mass is 10.2. The average Bonchev–Trinajstić information content (AvgIpc) is 3.26. The Morgan fingerprint density at radius 2 is 2.43 bits per heavy atom. The highest BCUT2D eigenvalue weighted by Gasteiger charge is 2.23. The van der Waals surface area contributed by atoms with E-state index < -0.39 is 0 Å². The molecule has 1 fully saturated rings. The zero-order valence-corrected chi connectivity index (χ0v) is 14.4. The highest BCUT2D eigenvalue weighted by Crippen LogP contribution is 2.26. The topological polar surface area (TPSA) is 90.1 Å². The number of carbonyl (C=O) groups excluding carboxylic acids is 1. The van der Waals surface area contributed by atoms with Crippen molar-refractivity contribution in [3.8, 4) is 0 Å². The molecule has 3 rings (SSSR count). The number of ether oxygens (including phenoxy) is 1. The molecule has 0 aromatic carbocycles. The minimum Gasteiger partial charge on any atom is -0.368 e. The Bertz CT molecular complexity index is 652.